The number of likely N-dealkylation sites (tertiary alicyclic amines) is 1. The van der Waals surface area contributed by atoms with Gasteiger partial charge in [0.05, 0.1) is 11.5 Å². The zero-order valence-electron chi connectivity index (χ0n) is 11.5. The highest BCUT2D eigenvalue weighted by molar-refractivity contribution is 5.97. The Balaban J connectivity index is 2.12. The second kappa shape index (κ2) is 5.07. The molecule has 0 atom stereocenters. The van der Waals surface area contributed by atoms with E-state index < -0.39 is 5.97 Å². The maximum atomic E-state index is 12.4. The van der Waals surface area contributed by atoms with Gasteiger partial charge in [0.25, 0.3) is 5.91 Å². The summed E-state index contributed by atoms with van der Waals surface area (Å²) in [5.41, 5.74) is 1.51. The lowest BCUT2D eigenvalue weighted by atomic mass is 9.96. The normalized spacial score (nSPS) is 16.7. The van der Waals surface area contributed by atoms with Crippen molar-refractivity contribution in [2.75, 3.05) is 13.1 Å². The first kappa shape index (κ1) is 13.6. The van der Waals surface area contributed by atoms with Gasteiger partial charge in [0.2, 0.25) is 0 Å². The molecular formula is C14H19NO4. The predicted octanol–water partition coefficient (Wildman–Crippen LogP) is 2.14. The molecule has 0 aromatic carbocycles. The fourth-order valence-electron chi connectivity index (χ4n) is 2.60. The number of amides is 1. The van der Waals surface area contributed by atoms with Crippen molar-refractivity contribution in [2.45, 2.75) is 33.6 Å². The molecule has 5 heteroatoms. The van der Waals surface area contributed by atoms with Gasteiger partial charge in [-0.2, -0.15) is 0 Å². The number of carboxylic acid groups (broad SMARTS) is 1. The number of furan rings is 1. The van der Waals surface area contributed by atoms with Gasteiger partial charge in [-0.3, -0.25) is 9.59 Å². The number of carbonyl (C=O) groups excluding carboxylic acids is 1. The van der Waals surface area contributed by atoms with Crippen LogP contribution in [0.3, 0.4) is 0 Å². The van der Waals surface area contributed by atoms with Crippen LogP contribution in [0, 0.1) is 26.7 Å². The predicted molar refractivity (Wildman–Crippen MR) is 69.2 cm³/mol. The summed E-state index contributed by atoms with van der Waals surface area (Å²) in [6.45, 7) is 6.51. The Kier molecular flexibility index (Phi) is 3.64. The highest BCUT2D eigenvalue weighted by atomic mass is 16.4. The topological polar surface area (TPSA) is 70.8 Å². The number of aryl methyl sites for hydroxylation is 2. The molecule has 0 spiro atoms. The van der Waals surface area contributed by atoms with Crippen molar-refractivity contribution < 1.29 is 19.1 Å². The number of rotatable bonds is 2. The fourth-order valence-corrected chi connectivity index (χ4v) is 2.60. The van der Waals surface area contributed by atoms with E-state index in [1.165, 1.54) is 0 Å². The van der Waals surface area contributed by atoms with Crippen molar-refractivity contribution >= 4 is 11.9 Å². The Labute approximate surface area is 112 Å². The summed E-state index contributed by atoms with van der Waals surface area (Å²) < 4.78 is 5.47. The summed E-state index contributed by atoms with van der Waals surface area (Å²) in [7, 11) is 0. The zero-order chi connectivity index (χ0) is 14.2. The van der Waals surface area contributed by atoms with E-state index >= 15 is 0 Å². The quantitative estimate of drug-likeness (QED) is 0.889. The molecule has 2 rings (SSSR count). The van der Waals surface area contributed by atoms with Gasteiger partial charge in [0.15, 0.2) is 0 Å². The van der Waals surface area contributed by atoms with Crippen molar-refractivity contribution in [3.05, 3.63) is 22.6 Å². The molecule has 0 unspecified atom stereocenters. The summed E-state index contributed by atoms with van der Waals surface area (Å²) >= 11 is 0. The van der Waals surface area contributed by atoms with Gasteiger partial charge in [-0.1, -0.05) is 0 Å². The van der Waals surface area contributed by atoms with Gasteiger partial charge in [-0.25, -0.2) is 0 Å². The Morgan fingerprint density at radius 3 is 2.16 bits per heavy atom. The Morgan fingerprint density at radius 1 is 1.16 bits per heavy atom. The van der Waals surface area contributed by atoms with E-state index in [0.717, 1.165) is 11.3 Å². The minimum atomic E-state index is -0.765. The molecule has 104 valence electrons. The SMILES string of the molecule is Cc1oc(C)c(C(=O)N2CCC(C(=O)O)CC2)c1C. The minimum Gasteiger partial charge on any atom is -0.481 e. The molecular weight excluding hydrogens is 246 g/mol. The van der Waals surface area contributed by atoms with Crippen LogP contribution in [-0.4, -0.2) is 35.0 Å². The van der Waals surface area contributed by atoms with Crippen molar-refractivity contribution in [3.63, 3.8) is 0 Å². The van der Waals surface area contributed by atoms with Crippen molar-refractivity contribution in [3.8, 4) is 0 Å². The second-order valence-corrected chi connectivity index (χ2v) is 5.12. The van der Waals surface area contributed by atoms with Crippen LogP contribution in [-0.2, 0) is 4.79 Å². The number of hydrogen-bond acceptors (Lipinski definition) is 3. The summed E-state index contributed by atoms with van der Waals surface area (Å²) in [6, 6.07) is 0. The molecule has 1 amide bonds. The summed E-state index contributed by atoms with van der Waals surface area (Å²) in [4.78, 5) is 25.1. The number of carboxylic acids is 1. The molecule has 1 fully saturated rings. The smallest absolute Gasteiger partial charge is 0.306 e. The highest BCUT2D eigenvalue weighted by Crippen LogP contribution is 2.25. The summed E-state index contributed by atoms with van der Waals surface area (Å²) in [5.74, 6) is 0.272. The van der Waals surface area contributed by atoms with E-state index in [0.29, 0.717) is 37.3 Å². The Hall–Kier alpha value is -1.78. The number of nitrogens with zero attached hydrogens (tertiary/aromatic N) is 1. The van der Waals surface area contributed by atoms with Gasteiger partial charge in [0.1, 0.15) is 11.5 Å². The van der Waals surface area contributed by atoms with Crippen molar-refractivity contribution in [1.82, 2.24) is 4.90 Å². The van der Waals surface area contributed by atoms with E-state index in [-0.39, 0.29) is 11.8 Å². The molecule has 0 bridgehead atoms. The highest BCUT2D eigenvalue weighted by Gasteiger charge is 2.30. The molecule has 1 aromatic rings. The van der Waals surface area contributed by atoms with Gasteiger partial charge >= 0.3 is 5.97 Å². The van der Waals surface area contributed by atoms with Gasteiger partial charge in [0, 0.05) is 18.7 Å². The first-order chi connectivity index (χ1) is 8.91. The monoisotopic (exact) mass is 265 g/mol. The molecule has 0 aliphatic carbocycles. The molecule has 1 saturated heterocycles. The van der Waals surface area contributed by atoms with Crippen molar-refractivity contribution in [2.24, 2.45) is 5.92 Å². The summed E-state index contributed by atoms with van der Waals surface area (Å²) in [6.07, 6.45) is 1.05. The lowest BCUT2D eigenvalue weighted by molar-refractivity contribution is -0.143. The molecule has 1 N–H and O–H groups in total. The van der Waals surface area contributed by atoms with E-state index in [1.807, 2.05) is 13.8 Å². The van der Waals surface area contributed by atoms with Gasteiger partial charge in [-0.05, 0) is 33.6 Å². The maximum absolute atomic E-state index is 12.4. The van der Waals surface area contributed by atoms with Crippen LogP contribution in [0.1, 0.15) is 40.3 Å². The molecule has 1 aliphatic rings. The third kappa shape index (κ3) is 2.50. The number of carbonyl (C=O) groups is 2. The van der Waals surface area contributed by atoms with Crippen LogP contribution in [0.4, 0.5) is 0 Å². The van der Waals surface area contributed by atoms with Gasteiger partial charge < -0.3 is 14.4 Å². The molecule has 1 aliphatic heterocycles. The van der Waals surface area contributed by atoms with E-state index in [1.54, 1.807) is 11.8 Å². The maximum Gasteiger partial charge on any atom is 0.306 e. The zero-order valence-corrected chi connectivity index (χ0v) is 11.5. The number of piperidine rings is 1. The standard InChI is InChI=1S/C14H19NO4/c1-8-9(2)19-10(3)12(8)13(16)15-6-4-11(5-7-15)14(17)18/h11H,4-7H2,1-3H3,(H,17,18). The van der Waals surface area contributed by atoms with E-state index in [4.69, 9.17) is 9.52 Å². The minimum absolute atomic E-state index is 0.0457. The lowest BCUT2D eigenvalue weighted by Crippen LogP contribution is -2.40. The first-order valence-electron chi connectivity index (χ1n) is 6.50. The number of hydrogen-bond donors (Lipinski definition) is 1. The second-order valence-electron chi connectivity index (χ2n) is 5.12. The molecule has 1 aromatic heterocycles. The van der Waals surface area contributed by atoms with E-state index in [9.17, 15) is 9.59 Å². The summed E-state index contributed by atoms with van der Waals surface area (Å²) in [5, 5.41) is 8.95. The van der Waals surface area contributed by atoms with Crippen LogP contribution >= 0.6 is 0 Å². The van der Waals surface area contributed by atoms with Crippen LogP contribution in [0.15, 0.2) is 4.42 Å². The fraction of sp³-hybridized carbons (Fsp3) is 0.571. The third-order valence-electron chi connectivity index (χ3n) is 3.91. The average Bonchev–Trinajstić information content (AvgIpc) is 2.62. The molecule has 0 radical (unpaired) electrons. The van der Waals surface area contributed by atoms with Crippen LogP contribution < -0.4 is 0 Å². The first-order valence-corrected chi connectivity index (χ1v) is 6.50. The van der Waals surface area contributed by atoms with Crippen LogP contribution in [0.2, 0.25) is 0 Å². The van der Waals surface area contributed by atoms with E-state index in [2.05, 4.69) is 0 Å². The van der Waals surface area contributed by atoms with Crippen LogP contribution in [0.5, 0.6) is 0 Å². The Morgan fingerprint density at radius 2 is 1.74 bits per heavy atom. The molecule has 5 nitrogen and oxygen atoms in total. The molecule has 19 heavy (non-hydrogen) atoms. The lowest BCUT2D eigenvalue weighted by Gasteiger charge is -2.30. The van der Waals surface area contributed by atoms with Gasteiger partial charge in [-0.15, -0.1) is 0 Å². The Bertz CT molecular complexity index is 510. The third-order valence-corrected chi connectivity index (χ3v) is 3.91. The molecule has 0 saturated carbocycles. The number of aliphatic carboxylic acids is 1. The van der Waals surface area contributed by atoms with Crippen LogP contribution in [0.25, 0.3) is 0 Å². The largest absolute Gasteiger partial charge is 0.481 e. The average molecular weight is 265 g/mol. The molecule has 2 heterocycles. The van der Waals surface area contributed by atoms with Crippen molar-refractivity contribution in [1.29, 1.82) is 0 Å².